The van der Waals surface area contributed by atoms with Crippen LogP contribution in [-0.2, 0) is 15.8 Å². The number of fused-ring (bicyclic) bond motifs is 1. The van der Waals surface area contributed by atoms with E-state index >= 15 is 0 Å². The Bertz CT molecular complexity index is 981. The Morgan fingerprint density at radius 2 is 1.96 bits per heavy atom. The Labute approximate surface area is 154 Å². The van der Waals surface area contributed by atoms with Crippen molar-refractivity contribution in [2.75, 3.05) is 13.1 Å². The number of aromatic nitrogens is 1. The molecule has 2 heterocycles. The summed E-state index contributed by atoms with van der Waals surface area (Å²) in [6, 6.07) is 10.6. The van der Waals surface area contributed by atoms with Crippen LogP contribution in [0.4, 0.5) is 0 Å². The molecule has 3 rings (SSSR count). The fourth-order valence-corrected chi connectivity index (χ4v) is 4.62. The maximum absolute atomic E-state index is 12.1. The molecule has 132 valence electrons. The van der Waals surface area contributed by atoms with Crippen molar-refractivity contribution in [3.05, 3.63) is 58.1 Å². The zero-order chi connectivity index (χ0) is 17.9. The van der Waals surface area contributed by atoms with E-state index in [9.17, 15) is 13.2 Å². The van der Waals surface area contributed by atoms with E-state index in [4.69, 9.17) is 11.6 Å². The Morgan fingerprint density at radius 1 is 1.20 bits per heavy atom. The van der Waals surface area contributed by atoms with Crippen LogP contribution < -0.4 is 10.0 Å². The number of H-pyrrole nitrogens is 1. The minimum atomic E-state index is -3.44. The average molecular weight is 398 g/mol. The summed E-state index contributed by atoms with van der Waals surface area (Å²) in [6.07, 6.45) is 0. The molecule has 0 spiro atoms. The van der Waals surface area contributed by atoms with Gasteiger partial charge in [-0.25, -0.2) is 13.1 Å². The third kappa shape index (κ3) is 4.60. The van der Waals surface area contributed by atoms with E-state index in [1.165, 1.54) is 11.3 Å². The molecule has 1 amide bonds. The van der Waals surface area contributed by atoms with Crippen LogP contribution in [0.15, 0.2) is 41.8 Å². The summed E-state index contributed by atoms with van der Waals surface area (Å²) in [5, 5.41) is 5.04. The van der Waals surface area contributed by atoms with Gasteiger partial charge in [-0.1, -0.05) is 41.9 Å². The second-order valence-corrected chi connectivity index (χ2v) is 8.53. The molecule has 25 heavy (non-hydrogen) atoms. The predicted octanol–water partition coefficient (Wildman–Crippen LogP) is 2.73. The molecule has 0 aliphatic carbocycles. The number of benzene rings is 1. The van der Waals surface area contributed by atoms with E-state index < -0.39 is 10.0 Å². The molecule has 0 bridgehead atoms. The van der Waals surface area contributed by atoms with Gasteiger partial charge in [-0.05, 0) is 11.6 Å². The van der Waals surface area contributed by atoms with Gasteiger partial charge in [-0.15, -0.1) is 11.3 Å². The van der Waals surface area contributed by atoms with Gasteiger partial charge in [0.2, 0.25) is 10.0 Å². The lowest BCUT2D eigenvalue weighted by Crippen LogP contribution is -2.35. The molecule has 0 radical (unpaired) electrons. The third-order valence-electron chi connectivity index (χ3n) is 3.49. The van der Waals surface area contributed by atoms with Crippen molar-refractivity contribution in [2.45, 2.75) is 5.75 Å². The maximum atomic E-state index is 12.1. The number of nitrogens with one attached hydrogen (secondary N) is 3. The van der Waals surface area contributed by atoms with Crippen LogP contribution >= 0.6 is 22.9 Å². The van der Waals surface area contributed by atoms with E-state index in [0.29, 0.717) is 16.3 Å². The van der Waals surface area contributed by atoms with Crippen molar-refractivity contribution in [3.8, 4) is 0 Å². The van der Waals surface area contributed by atoms with E-state index in [1.54, 1.807) is 35.7 Å². The Balaban J connectivity index is 1.48. The number of halogens is 1. The van der Waals surface area contributed by atoms with Crippen LogP contribution in [0.1, 0.15) is 16.1 Å². The Morgan fingerprint density at radius 3 is 2.68 bits per heavy atom. The first-order chi connectivity index (χ1) is 11.9. The number of carbonyl (C=O) groups excluding carboxylic acids is 1. The highest BCUT2D eigenvalue weighted by Crippen LogP contribution is 2.29. The number of aromatic amines is 1. The van der Waals surface area contributed by atoms with Gasteiger partial charge >= 0.3 is 0 Å². The van der Waals surface area contributed by atoms with Crippen LogP contribution in [0, 0.1) is 0 Å². The van der Waals surface area contributed by atoms with Gasteiger partial charge in [-0.2, -0.15) is 0 Å². The quantitative estimate of drug-likeness (QED) is 0.535. The highest BCUT2D eigenvalue weighted by atomic mass is 35.5. The van der Waals surface area contributed by atoms with Crippen molar-refractivity contribution in [1.82, 2.24) is 15.0 Å². The molecule has 0 saturated carbocycles. The highest BCUT2D eigenvalue weighted by molar-refractivity contribution is 7.88. The lowest BCUT2D eigenvalue weighted by Gasteiger charge is -2.07. The minimum Gasteiger partial charge on any atom is -0.349 e. The first-order valence-electron chi connectivity index (χ1n) is 7.50. The van der Waals surface area contributed by atoms with Crippen LogP contribution in [-0.4, -0.2) is 32.4 Å². The molecule has 3 aromatic rings. The maximum Gasteiger partial charge on any atom is 0.267 e. The lowest BCUT2D eigenvalue weighted by molar-refractivity contribution is 0.0950. The molecule has 0 atom stereocenters. The molecule has 1 aromatic carbocycles. The van der Waals surface area contributed by atoms with Gasteiger partial charge in [0, 0.05) is 18.5 Å². The molecule has 2 aromatic heterocycles. The summed E-state index contributed by atoms with van der Waals surface area (Å²) in [6.45, 7) is 0.310. The Kier molecular flexibility index (Phi) is 5.43. The molecule has 0 saturated heterocycles. The van der Waals surface area contributed by atoms with Gasteiger partial charge < -0.3 is 10.3 Å². The van der Waals surface area contributed by atoms with Crippen LogP contribution in [0.2, 0.25) is 5.02 Å². The fraction of sp³-hybridized carbons (Fsp3) is 0.188. The largest absolute Gasteiger partial charge is 0.349 e. The van der Waals surface area contributed by atoms with Crippen molar-refractivity contribution in [3.63, 3.8) is 0 Å². The minimum absolute atomic E-state index is 0.0901. The lowest BCUT2D eigenvalue weighted by atomic mass is 10.2. The molecular weight excluding hydrogens is 382 g/mol. The monoisotopic (exact) mass is 397 g/mol. The predicted molar refractivity (Wildman–Crippen MR) is 101 cm³/mol. The number of hydrogen-bond donors (Lipinski definition) is 3. The molecule has 0 aliphatic heterocycles. The average Bonchev–Trinajstić information content (AvgIpc) is 3.14. The van der Waals surface area contributed by atoms with Gasteiger partial charge in [-0.3, -0.25) is 4.79 Å². The normalized spacial score (nSPS) is 11.7. The molecule has 6 nitrogen and oxygen atoms in total. The highest BCUT2D eigenvalue weighted by Gasteiger charge is 2.13. The van der Waals surface area contributed by atoms with E-state index in [2.05, 4.69) is 15.0 Å². The molecule has 9 heteroatoms. The molecule has 0 unspecified atom stereocenters. The summed E-state index contributed by atoms with van der Waals surface area (Å²) in [7, 11) is -3.44. The number of hydrogen-bond acceptors (Lipinski definition) is 4. The standard InChI is InChI=1S/C16H16ClN3O3S2/c17-12-9-24-14-8-13(20-15(12)14)16(21)18-6-7-19-25(22,23)10-11-4-2-1-3-5-11/h1-5,8-9,19-20H,6-7,10H2,(H,18,21). The van der Waals surface area contributed by atoms with Gasteiger partial charge in [0.05, 0.1) is 21.0 Å². The van der Waals surface area contributed by atoms with Gasteiger partial charge in [0.1, 0.15) is 5.69 Å². The van der Waals surface area contributed by atoms with Crippen LogP contribution in [0.25, 0.3) is 10.2 Å². The summed E-state index contributed by atoms with van der Waals surface area (Å²) >= 11 is 7.45. The summed E-state index contributed by atoms with van der Waals surface area (Å²) < 4.78 is 27.4. The van der Waals surface area contributed by atoms with E-state index in [1.807, 2.05) is 6.07 Å². The summed E-state index contributed by atoms with van der Waals surface area (Å²) in [5.74, 6) is -0.394. The van der Waals surface area contributed by atoms with Crippen LogP contribution in [0.3, 0.4) is 0 Å². The molecule has 0 aliphatic rings. The summed E-state index contributed by atoms with van der Waals surface area (Å²) in [5.41, 5.74) is 1.85. The zero-order valence-corrected chi connectivity index (χ0v) is 15.5. The van der Waals surface area contributed by atoms with Crippen molar-refractivity contribution in [2.24, 2.45) is 0 Å². The number of carbonyl (C=O) groups is 1. The SMILES string of the molecule is O=C(NCCNS(=O)(=O)Cc1ccccc1)c1cc2scc(Cl)c2[nH]1. The fourth-order valence-electron chi connectivity index (χ4n) is 2.32. The van der Waals surface area contributed by atoms with Crippen molar-refractivity contribution >= 4 is 49.1 Å². The second kappa shape index (κ2) is 7.57. The van der Waals surface area contributed by atoms with Crippen molar-refractivity contribution in [1.29, 1.82) is 0 Å². The van der Waals surface area contributed by atoms with Crippen LogP contribution in [0.5, 0.6) is 0 Å². The molecule has 0 fully saturated rings. The number of rotatable bonds is 7. The van der Waals surface area contributed by atoms with Gasteiger partial charge in [0.25, 0.3) is 5.91 Å². The topological polar surface area (TPSA) is 91.1 Å². The zero-order valence-electron chi connectivity index (χ0n) is 13.1. The summed E-state index contributed by atoms with van der Waals surface area (Å²) in [4.78, 5) is 15.0. The number of thiophene rings is 1. The number of amides is 1. The van der Waals surface area contributed by atoms with Gasteiger partial charge in [0.15, 0.2) is 0 Å². The smallest absolute Gasteiger partial charge is 0.267 e. The molecule has 3 N–H and O–H groups in total. The Hall–Kier alpha value is -1.87. The first kappa shape index (κ1) is 17.9. The first-order valence-corrected chi connectivity index (χ1v) is 10.4. The van der Waals surface area contributed by atoms with Crippen molar-refractivity contribution < 1.29 is 13.2 Å². The number of sulfonamides is 1. The third-order valence-corrected chi connectivity index (χ3v) is 6.20. The second-order valence-electron chi connectivity index (χ2n) is 5.40. The van der Waals surface area contributed by atoms with E-state index in [0.717, 1.165) is 10.2 Å². The molecular formula is C16H16ClN3O3S2. The van der Waals surface area contributed by atoms with E-state index in [-0.39, 0.29) is 24.7 Å².